The van der Waals surface area contributed by atoms with Crippen molar-refractivity contribution in [2.24, 2.45) is 0 Å². The molecule has 4 aromatic heterocycles. The third kappa shape index (κ3) is 9.19. The molecule has 2 aliphatic heterocycles. The van der Waals surface area contributed by atoms with E-state index in [1.54, 1.807) is 0 Å². The van der Waals surface area contributed by atoms with Gasteiger partial charge in [-0.1, -0.05) is 0 Å². The van der Waals surface area contributed by atoms with Crippen molar-refractivity contribution in [1.29, 1.82) is 0 Å². The number of aliphatic hydroxyl groups excluding tert-OH is 2. The second kappa shape index (κ2) is 15.5. The Balaban J connectivity index is 1.21. The van der Waals surface area contributed by atoms with Crippen molar-refractivity contribution in [1.82, 2.24) is 39.0 Å². The molecule has 0 saturated carbocycles. The standard InChI is InChI=1S/C21H30N10O19P4S/c1-43-14-13(48-52(38,39)44-2-7-11(32)12(33)19(46-7)31-6-27-10-17(31)28-21(23)29-18(10)34)8(3-45-53(40,41)50-54(42,55)49-51(35,36)37)47-20(14)30-5-26-9-15(22)24-4-25-16(9)30/h4-8,11-14,19-20,32-33H,2-3H2,1H3,(H,38,39)(H,40,41)(H,42,55)(H2,22,24,25)(H2,35,36,37)(H3,23,28,29,34)/t7-,8-,11-,12-,13-,14-,19-,20-,54?/m1/s1. The number of methoxy groups -OCH3 is 1. The number of hydrogen-bond acceptors (Lipinski definition) is 22. The van der Waals surface area contributed by atoms with E-state index in [0.717, 1.165) is 24.3 Å². The van der Waals surface area contributed by atoms with Crippen LogP contribution in [0.25, 0.3) is 22.3 Å². The third-order valence-electron chi connectivity index (χ3n) is 7.76. The maximum Gasteiger partial charge on any atom is 0.479 e. The number of imidazole rings is 2. The first-order valence-corrected chi connectivity index (χ1v) is 22.0. The summed E-state index contributed by atoms with van der Waals surface area (Å²) >= 11 is 4.35. The summed E-state index contributed by atoms with van der Waals surface area (Å²) < 4.78 is 80.1. The fourth-order valence-corrected chi connectivity index (χ4v) is 11.1. The van der Waals surface area contributed by atoms with Crippen LogP contribution in [0, 0.1) is 0 Å². The van der Waals surface area contributed by atoms with Gasteiger partial charge >= 0.3 is 30.2 Å². The molecule has 0 spiro atoms. The maximum atomic E-state index is 13.4. The summed E-state index contributed by atoms with van der Waals surface area (Å²) in [5, 5.41) is 21.5. The summed E-state index contributed by atoms with van der Waals surface area (Å²) in [6.45, 7) is -7.11. The van der Waals surface area contributed by atoms with Gasteiger partial charge in [-0.25, -0.2) is 42.3 Å². The molecule has 34 heteroatoms. The van der Waals surface area contributed by atoms with Crippen LogP contribution in [0.15, 0.2) is 23.8 Å². The number of nitrogens with one attached hydrogen (secondary N) is 1. The molecular formula is C21H30N10O19P4S. The van der Waals surface area contributed by atoms with E-state index in [0.29, 0.717) is 0 Å². The highest BCUT2D eigenvalue weighted by atomic mass is 32.5. The van der Waals surface area contributed by atoms with Gasteiger partial charge in [0.05, 0.1) is 25.9 Å². The predicted octanol–water partition coefficient (Wildman–Crippen LogP) is -2.38. The van der Waals surface area contributed by atoms with Gasteiger partial charge in [0.1, 0.15) is 48.5 Å². The van der Waals surface area contributed by atoms with Gasteiger partial charge in [-0.15, -0.1) is 0 Å². The smallest absolute Gasteiger partial charge is 0.387 e. The van der Waals surface area contributed by atoms with Crippen molar-refractivity contribution >= 4 is 76.1 Å². The molecule has 0 aliphatic carbocycles. The van der Waals surface area contributed by atoms with E-state index in [4.69, 9.17) is 49.0 Å². The van der Waals surface area contributed by atoms with Crippen molar-refractivity contribution in [3.05, 3.63) is 29.3 Å². The molecular weight excluding hydrogens is 852 g/mol. The first kappa shape index (κ1) is 41.9. The highest BCUT2D eigenvalue weighted by molar-refractivity contribution is 8.09. The Morgan fingerprint density at radius 3 is 2.13 bits per heavy atom. The number of fused-ring (bicyclic) bond motifs is 2. The van der Waals surface area contributed by atoms with Gasteiger partial charge in [0.15, 0.2) is 35.1 Å². The molecule has 2 fully saturated rings. The lowest BCUT2D eigenvalue weighted by atomic mass is 10.1. The third-order valence-corrected chi connectivity index (χ3v) is 13.7. The van der Waals surface area contributed by atoms with E-state index in [2.05, 4.69) is 50.3 Å². The number of nitrogen functional groups attached to an aromatic ring is 2. The second-order valence-electron chi connectivity index (χ2n) is 11.4. The molecule has 12 N–H and O–H groups in total. The largest absolute Gasteiger partial charge is 0.479 e. The minimum absolute atomic E-state index is 0.0359. The molecule has 2 aliphatic rings. The Morgan fingerprint density at radius 1 is 0.836 bits per heavy atom. The van der Waals surface area contributed by atoms with Crippen LogP contribution in [0.1, 0.15) is 12.5 Å². The number of aromatic amines is 1. The number of anilines is 2. The number of ether oxygens (including phenoxy) is 3. The zero-order valence-corrected chi connectivity index (χ0v) is 31.7. The molecule has 55 heavy (non-hydrogen) atoms. The minimum atomic E-state index is -5.55. The molecule has 0 aromatic carbocycles. The molecule has 0 amide bonds. The Morgan fingerprint density at radius 2 is 1.45 bits per heavy atom. The number of phosphoric ester groups is 2. The van der Waals surface area contributed by atoms with Crippen LogP contribution in [0.4, 0.5) is 11.8 Å². The minimum Gasteiger partial charge on any atom is -0.387 e. The SMILES string of the molecule is CO[C@@H]1[C@H](OP(=O)(O)OC[C@H]2O[C@@H](n3cnc4c(=O)[nH]c(N)nc43)[C@H](O)[C@@H]2O)[C@@H](COP(=O)(O)OP(O)(=S)OP(=O)(O)O)O[C@H]1n1cnc2c(N)ncnc21. The summed E-state index contributed by atoms with van der Waals surface area (Å²) in [6, 6.07) is 0. The number of nitrogens with zero attached hydrogens (tertiary/aromatic N) is 7. The van der Waals surface area contributed by atoms with Crippen LogP contribution in [0.5, 0.6) is 0 Å². The normalized spacial score (nSPS) is 29.4. The number of nitrogens with two attached hydrogens (primary N) is 2. The van der Waals surface area contributed by atoms with Crippen LogP contribution in [-0.4, -0.2) is 131 Å². The fourth-order valence-electron chi connectivity index (χ4n) is 5.55. The lowest BCUT2D eigenvalue weighted by molar-refractivity contribution is -0.0581. The number of hydrogen-bond donors (Lipinski definition) is 10. The van der Waals surface area contributed by atoms with Crippen LogP contribution in [0.3, 0.4) is 0 Å². The van der Waals surface area contributed by atoms with Crippen molar-refractivity contribution in [2.45, 2.75) is 49.1 Å². The summed E-state index contributed by atoms with van der Waals surface area (Å²) in [5.41, 5.74) is 10.7. The second-order valence-corrected chi connectivity index (χ2v) is 18.6. The van der Waals surface area contributed by atoms with Crippen molar-refractivity contribution in [2.75, 3.05) is 31.8 Å². The number of H-pyrrole nitrogens is 1. The molecule has 304 valence electrons. The first-order chi connectivity index (χ1) is 25.6. The molecule has 11 atom stereocenters. The lowest BCUT2D eigenvalue weighted by Crippen LogP contribution is -2.38. The van der Waals surface area contributed by atoms with E-state index in [9.17, 15) is 43.4 Å². The van der Waals surface area contributed by atoms with Gasteiger partial charge in [-0.05, 0) is 11.8 Å². The quantitative estimate of drug-likeness (QED) is 0.0557. The van der Waals surface area contributed by atoms with Crippen LogP contribution in [-0.2, 0) is 61.9 Å². The number of phosphoric acid groups is 3. The molecule has 6 rings (SSSR count). The van der Waals surface area contributed by atoms with E-state index >= 15 is 0 Å². The Bertz CT molecular complexity index is 2320. The summed E-state index contributed by atoms with van der Waals surface area (Å²) in [7, 11) is -15.2. The molecule has 0 bridgehead atoms. The van der Waals surface area contributed by atoms with Gasteiger partial charge < -0.3 is 60.4 Å². The summed E-state index contributed by atoms with van der Waals surface area (Å²) in [6.07, 6.45) is -9.31. The predicted molar refractivity (Wildman–Crippen MR) is 180 cm³/mol. The van der Waals surface area contributed by atoms with Crippen molar-refractivity contribution in [3.63, 3.8) is 0 Å². The average Bonchev–Trinajstić information content (AvgIpc) is 3.82. The van der Waals surface area contributed by atoms with Gasteiger partial charge in [-0.2, -0.15) is 4.98 Å². The van der Waals surface area contributed by atoms with E-state index < -0.39 is 98.0 Å². The Kier molecular flexibility index (Phi) is 11.8. The first-order valence-electron chi connectivity index (χ1n) is 14.9. The number of aliphatic hydroxyl groups is 2. The topological polar surface area (TPSA) is 426 Å². The highest BCUT2D eigenvalue weighted by Gasteiger charge is 2.52. The maximum absolute atomic E-state index is 13.4. The zero-order chi connectivity index (χ0) is 40.2. The number of aromatic nitrogens is 8. The molecule has 29 nitrogen and oxygen atoms in total. The Labute approximate surface area is 309 Å². The van der Waals surface area contributed by atoms with Crippen LogP contribution < -0.4 is 17.0 Å². The Hall–Kier alpha value is -2.76. The van der Waals surface area contributed by atoms with E-state index in [-0.39, 0.29) is 34.1 Å². The summed E-state index contributed by atoms with van der Waals surface area (Å²) in [4.78, 5) is 83.1. The van der Waals surface area contributed by atoms with Gasteiger partial charge in [0.2, 0.25) is 5.95 Å². The number of rotatable bonds is 15. The van der Waals surface area contributed by atoms with Gasteiger partial charge in [0.25, 0.3) is 5.56 Å². The van der Waals surface area contributed by atoms with Gasteiger partial charge in [-0.3, -0.25) is 32.5 Å². The lowest BCUT2D eigenvalue weighted by Gasteiger charge is -2.26. The van der Waals surface area contributed by atoms with Crippen LogP contribution in [0.2, 0.25) is 0 Å². The van der Waals surface area contributed by atoms with Crippen molar-refractivity contribution < 1.29 is 84.8 Å². The summed E-state index contributed by atoms with van der Waals surface area (Å²) in [5.74, 6) is -0.321. The molecule has 2 saturated heterocycles. The van der Waals surface area contributed by atoms with E-state index in [1.807, 2.05) is 0 Å². The molecule has 6 heterocycles. The highest BCUT2D eigenvalue weighted by Crippen LogP contribution is 2.66. The fraction of sp³-hybridized carbons (Fsp3) is 0.524. The zero-order valence-electron chi connectivity index (χ0n) is 27.3. The molecule has 0 radical (unpaired) electrons. The molecule has 3 unspecified atom stereocenters. The van der Waals surface area contributed by atoms with Crippen LogP contribution >= 0.6 is 30.2 Å². The van der Waals surface area contributed by atoms with E-state index in [1.165, 1.54) is 10.9 Å². The monoisotopic (exact) mass is 882 g/mol. The molecule has 4 aromatic rings. The van der Waals surface area contributed by atoms with Crippen molar-refractivity contribution in [3.8, 4) is 0 Å². The average molecular weight is 882 g/mol. The van der Waals surface area contributed by atoms with Gasteiger partial charge in [0, 0.05) is 7.11 Å².